The summed E-state index contributed by atoms with van der Waals surface area (Å²) in [5, 5.41) is 8.04. The van der Waals surface area contributed by atoms with Crippen LogP contribution in [0.3, 0.4) is 0 Å². The van der Waals surface area contributed by atoms with Crippen LogP contribution in [0.4, 0.5) is 11.5 Å². The molecular formula is C19H17N5O. The molecule has 124 valence electrons. The van der Waals surface area contributed by atoms with Crippen molar-refractivity contribution in [2.45, 2.75) is 6.92 Å². The molecule has 3 aromatic heterocycles. The smallest absolute Gasteiger partial charge is 0.154 e. The Kier molecular flexibility index (Phi) is 3.78. The molecule has 0 unspecified atom stereocenters. The van der Waals surface area contributed by atoms with Gasteiger partial charge in [0, 0.05) is 29.7 Å². The predicted octanol–water partition coefficient (Wildman–Crippen LogP) is 3.85. The molecular weight excluding hydrogens is 314 g/mol. The van der Waals surface area contributed by atoms with Crippen LogP contribution in [0.15, 0.2) is 61.1 Å². The third-order valence-corrected chi connectivity index (χ3v) is 4.05. The summed E-state index contributed by atoms with van der Waals surface area (Å²) >= 11 is 0. The van der Waals surface area contributed by atoms with Gasteiger partial charge in [0.2, 0.25) is 0 Å². The number of methoxy groups -OCH3 is 1. The van der Waals surface area contributed by atoms with Crippen molar-refractivity contribution in [1.82, 2.24) is 19.6 Å². The van der Waals surface area contributed by atoms with Gasteiger partial charge < -0.3 is 10.1 Å². The number of aromatic nitrogens is 4. The van der Waals surface area contributed by atoms with Crippen LogP contribution in [0.5, 0.6) is 5.75 Å². The van der Waals surface area contributed by atoms with Gasteiger partial charge in [-0.3, -0.25) is 4.98 Å². The van der Waals surface area contributed by atoms with Gasteiger partial charge in [0.25, 0.3) is 0 Å². The molecule has 0 saturated heterocycles. The zero-order chi connectivity index (χ0) is 17.2. The summed E-state index contributed by atoms with van der Waals surface area (Å²) in [5.74, 6) is 1.53. The van der Waals surface area contributed by atoms with E-state index in [0.717, 1.165) is 39.7 Å². The first-order chi connectivity index (χ1) is 12.2. The molecule has 6 nitrogen and oxygen atoms in total. The Morgan fingerprint density at radius 1 is 1.04 bits per heavy atom. The maximum atomic E-state index is 5.30. The Morgan fingerprint density at radius 3 is 2.68 bits per heavy atom. The van der Waals surface area contributed by atoms with Gasteiger partial charge in [-0.1, -0.05) is 6.07 Å². The number of nitrogens with zero attached hydrogens (tertiary/aromatic N) is 4. The number of imidazole rings is 1. The lowest BCUT2D eigenvalue weighted by Gasteiger charge is -2.11. The standard InChI is InChI=1S/C19H17N5O/c1-13-3-4-15(25-2)11-16(13)22-18-5-6-19-21-12-17(24(19)23-18)14-7-9-20-10-8-14/h3-12H,1-2H3,(H,22,23). The summed E-state index contributed by atoms with van der Waals surface area (Å²) in [6, 6.07) is 13.6. The van der Waals surface area contributed by atoms with Crippen molar-refractivity contribution in [3.8, 4) is 17.0 Å². The van der Waals surface area contributed by atoms with E-state index < -0.39 is 0 Å². The van der Waals surface area contributed by atoms with Crippen molar-refractivity contribution in [3.05, 3.63) is 66.6 Å². The molecule has 3 heterocycles. The number of fused-ring (bicyclic) bond motifs is 1. The summed E-state index contributed by atoms with van der Waals surface area (Å²) < 4.78 is 7.13. The van der Waals surface area contributed by atoms with Gasteiger partial charge in [0.1, 0.15) is 5.75 Å². The van der Waals surface area contributed by atoms with Crippen molar-refractivity contribution >= 4 is 17.2 Å². The molecule has 0 amide bonds. The van der Waals surface area contributed by atoms with Crippen LogP contribution >= 0.6 is 0 Å². The fourth-order valence-electron chi connectivity index (χ4n) is 2.66. The Labute approximate surface area is 145 Å². The largest absolute Gasteiger partial charge is 0.497 e. The predicted molar refractivity (Wildman–Crippen MR) is 97.2 cm³/mol. The van der Waals surface area contributed by atoms with Crippen LogP contribution in [0, 0.1) is 6.92 Å². The van der Waals surface area contributed by atoms with Gasteiger partial charge in [-0.05, 0) is 42.8 Å². The SMILES string of the molecule is COc1ccc(C)c(Nc2ccc3ncc(-c4ccncc4)n3n2)c1. The highest BCUT2D eigenvalue weighted by atomic mass is 16.5. The molecule has 0 aliphatic rings. The summed E-state index contributed by atoms with van der Waals surface area (Å²) in [7, 11) is 1.66. The van der Waals surface area contributed by atoms with Gasteiger partial charge in [-0.2, -0.15) is 0 Å². The Hall–Kier alpha value is -3.41. The minimum absolute atomic E-state index is 0.733. The second-order valence-corrected chi connectivity index (χ2v) is 5.67. The van der Waals surface area contributed by atoms with Crippen LogP contribution in [-0.4, -0.2) is 26.7 Å². The highest BCUT2D eigenvalue weighted by molar-refractivity contribution is 5.66. The Balaban J connectivity index is 1.74. The molecule has 0 spiro atoms. The van der Waals surface area contributed by atoms with Crippen molar-refractivity contribution in [2.75, 3.05) is 12.4 Å². The molecule has 4 rings (SSSR count). The third-order valence-electron chi connectivity index (χ3n) is 4.05. The number of rotatable bonds is 4. The molecule has 0 saturated carbocycles. The van der Waals surface area contributed by atoms with Crippen LogP contribution in [-0.2, 0) is 0 Å². The van der Waals surface area contributed by atoms with E-state index >= 15 is 0 Å². The molecule has 0 aliphatic heterocycles. The van der Waals surface area contributed by atoms with E-state index in [2.05, 4.69) is 20.4 Å². The lowest BCUT2D eigenvalue weighted by molar-refractivity contribution is 0.415. The van der Waals surface area contributed by atoms with E-state index in [1.165, 1.54) is 0 Å². The lowest BCUT2D eigenvalue weighted by atomic mass is 10.2. The molecule has 0 aliphatic carbocycles. The van der Waals surface area contributed by atoms with Crippen molar-refractivity contribution < 1.29 is 4.74 Å². The molecule has 4 aromatic rings. The van der Waals surface area contributed by atoms with E-state index in [1.54, 1.807) is 19.5 Å². The number of hydrogen-bond acceptors (Lipinski definition) is 5. The van der Waals surface area contributed by atoms with E-state index in [4.69, 9.17) is 4.74 Å². The van der Waals surface area contributed by atoms with E-state index in [1.807, 2.05) is 60.1 Å². The number of benzene rings is 1. The highest BCUT2D eigenvalue weighted by Crippen LogP contribution is 2.25. The number of ether oxygens (including phenoxy) is 1. The van der Waals surface area contributed by atoms with E-state index in [-0.39, 0.29) is 0 Å². The lowest BCUT2D eigenvalue weighted by Crippen LogP contribution is -2.01. The van der Waals surface area contributed by atoms with Gasteiger partial charge in [0.15, 0.2) is 11.5 Å². The second-order valence-electron chi connectivity index (χ2n) is 5.67. The average Bonchev–Trinajstić information content (AvgIpc) is 3.07. The molecule has 1 N–H and O–H groups in total. The Bertz CT molecular complexity index is 1030. The second kappa shape index (κ2) is 6.24. The third kappa shape index (κ3) is 2.89. The first-order valence-electron chi connectivity index (χ1n) is 7.91. The quantitative estimate of drug-likeness (QED) is 0.615. The van der Waals surface area contributed by atoms with Gasteiger partial charge in [0.05, 0.1) is 19.0 Å². The molecule has 0 bridgehead atoms. The normalized spacial score (nSPS) is 10.8. The molecule has 0 atom stereocenters. The summed E-state index contributed by atoms with van der Waals surface area (Å²) in [6.07, 6.45) is 5.34. The summed E-state index contributed by atoms with van der Waals surface area (Å²) in [4.78, 5) is 8.48. The van der Waals surface area contributed by atoms with Crippen LogP contribution in [0.25, 0.3) is 16.9 Å². The number of hydrogen-bond donors (Lipinski definition) is 1. The first kappa shape index (κ1) is 15.1. The minimum Gasteiger partial charge on any atom is -0.497 e. The topological polar surface area (TPSA) is 64.3 Å². The molecule has 0 radical (unpaired) electrons. The van der Waals surface area contributed by atoms with Crippen LogP contribution < -0.4 is 10.1 Å². The minimum atomic E-state index is 0.733. The maximum absolute atomic E-state index is 5.30. The molecule has 0 fully saturated rings. The molecule has 1 aromatic carbocycles. The fourth-order valence-corrected chi connectivity index (χ4v) is 2.66. The molecule has 25 heavy (non-hydrogen) atoms. The molecule has 6 heteroatoms. The summed E-state index contributed by atoms with van der Waals surface area (Å²) in [5.41, 5.74) is 4.80. The Morgan fingerprint density at radius 2 is 1.88 bits per heavy atom. The van der Waals surface area contributed by atoms with Gasteiger partial charge in [-0.15, -0.1) is 5.10 Å². The summed E-state index contributed by atoms with van der Waals surface area (Å²) in [6.45, 7) is 2.04. The number of pyridine rings is 1. The number of anilines is 2. The number of aryl methyl sites for hydroxylation is 1. The highest BCUT2D eigenvalue weighted by Gasteiger charge is 2.09. The van der Waals surface area contributed by atoms with Gasteiger partial charge >= 0.3 is 0 Å². The fraction of sp³-hybridized carbons (Fsp3) is 0.105. The van der Waals surface area contributed by atoms with Crippen molar-refractivity contribution in [1.29, 1.82) is 0 Å². The van der Waals surface area contributed by atoms with E-state index in [0.29, 0.717) is 0 Å². The zero-order valence-electron chi connectivity index (χ0n) is 14.0. The van der Waals surface area contributed by atoms with E-state index in [9.17, 15) is 0 Å². The van der Waals surface area contributed by atoms with Gasteiger partial charge in [-0.25, -0.2) is 9.50 Å². The number of nitrogens with one attached hydrogen (secondary N) is 1. The first-order valence-corrected chi connectivity index (χ1v) is 7.91. The van der Waals surface area contributed by atoms with Crippen molar-refractivity contribution in [3.63, 3.8) is 0 Å². The monoisotopic (exact) mass is 331 g/mol. The van der Waals surface area contributed by atoms with Crippen LogP contribution in [0.2, 0.25) is 0 Å². The zero-order valence-corrected chi connectivity index (χ0v) is 14.0. The van der Waals surface area contributed by atoms with Crippen LogP contribution in [0.1, 0.15) is 5.56 Å². The maximum Gasteiger partial charge on any atom is 0.154 e. The van der Waals surface area contributed by atoms with Crippen molar-refractivity contribution in [2.24, 2.45) is 0 Å². The average molecular weight is 331 g/mol.